The molecule has 0 unspecified atom stereocenters. The lowest BCUT2D eigenvalue weighted by Crippen LogP contribution is -2.42. The first-order valence-electron chi connectivity index (χ1n) is 11.8. The van der Waals surface area contributed by atoms with E-state index < -0.39 is 33.8 Å². The van der Waals surface area contributed by atoms with Crippen molar-refractivity contribution in [3.63, 3.8) is 0 Å². The molecule has 0 saturated carbocycles. The van der Waals surface area contributed by atoms with Gasteiger partial charge in [-0.1, -0.05) is 6.07 Å². The predicted molar refractivity (Wildman–Crippen MR) is 124 cm³/mol. The molecule has 0 bridgehead atoms. The second-order valence-corrected chi connectivity index (χ2v) is 10.6. The Balaban J connectivity index is 1.47. The van der Waals surface area contributed by atoms with E-state index >= 15 is 0 Å². The van der Waals surface area contributed by atoms with Crippen molar-refractivity contribution in [2.75, 3.05) is 26.3 Å². The molecule has 9 nitrogen and oxygen atoms in total. The maximum absolute atomic E-state index is 13.5. The zero-order chi connectivity index (χ0) is 26.6. The fourth-order valence-electron chi connectivity index (χ4n) is 4.32. The number of halogens is 3. The Morgan fingerprint density at radius 1 is 0.973 bits per heavy atom. The van der Waals surface area contributed by atoms with Crippen LogP contribution in [0.1, 0.15) is 41.6 Å². The van der Waals surface area contributed by atoms with Gasteiger partial charge >= 0.3 is 6.18 Å². The van der Waals surface area contributed by atoms with Gasteiger partial charge in [0, 0.05) is 25.9 Å². The summed E-state index contributed by atoms with van der Waals surface area (Å²) in [5, 5.41) is 9.29. The minimum atomic E-state index is -4.45. The molecule has 0 radical (unpaired) electrons. The Morgan fingerprint density at radius 3 is 2.19 bits per heavy atom. The molecule has 2 aliphatic rings. The van der Waals surface area contributed by atoms with E-state index in [0.29, 0.717) is 38.9 Å². The van der Waals surface area contributed by atoms with Crippen LogP contribution < -0.4 is 15.0 Å². The number of carbonyl (C=O) groups is 1. The van der Waals surface area contributed by atoms with Gasteiger partial charge < -0.3 is 14.2 Å². The summed E-state index contributed by atoms with van der Waals surface area (Å²) in [5.74, 6) is -0.712. The average Bonchev–Trinajstić information content (AvgIpc) is 2.89. The highest BCUT2D eigenvalue weighted by atomic mass is 32.2. The molecule has 2 fully saturated rings. The third kappa shape index (κ3) is 6.35. The summed E-state index contributed by atoms with van der Waals surface area (Å²) in [5.41, 5.74) is 0.427. The number of amides is 1. The molecule has 2 aromatic rings. The fourth-order valence-corrected chi connectivity index (χ4v) is 5.99. The molecular weight excluding hydrogens is 517 g/mol. The van der Waals surface area contributed by atoms with Crippen LogP contribution in [-0.4, -0.2) is 62.3 Å². The molecule has 202 valence electrons. The third-order valence-corrected chi connectivity index (χ3v) is 8.22. The van der Waals surface area contributed by atoms with Crippen molar-refractivity contribution in [3.05, 3.63) is 53.6 Å². The summed E-state index contributed by atoms with van der Waals surface area (Å²) < 4.78 is 83.5. The molecule has 2 saturated heterocycles. The van der Waals surface area contributed by atoms with Gasteiger partial charge in [0.15, 0.2) is 0 Å². The zero-order valence-electron chi connectivity index (χ0n) is 19.7. The lowest BCUT2D eigenvalue weighted by molar-refractivity contribution is -0.137. The molecule has 4 rings (SSSR count). The van der Waals surface area contributed by atoms with Crippen molar-refractivity contribution in [1.29, 1.82) is 0 Å². The minimum Gasteiger partial charge on any atom is -0.490 e. The monoisotopic (exact) mass is 544 g/mol. The van der Waals surface area contributed by atoms with E-state index in [9.17, 15) is 31.6 Å². The van der Waals surface area contributed by atoms with E-state index in [0.717, 1.165) is 12.1 Å². The number of nitrogens with zero attached hydrogens (tertiary/aromatic N) is 1. The lowest BCUT2D eigenvalue weighted by atomic mass is 10.1. The van der Waals surface area contributed by atoms with Gasteiger partial charge in [-0.25, -0.2) is 13.9 Å². The van der Waals surface area contributed by atoms with Crippen molar-refractivity contribution < 1.29 is 45.8 Å². The first-order chi connectivity index (χ1) is 17.6. The Labute approximate surface area is 212 Å². The molecular formula is C24H27F3N2O7S. The van der Waals surface area contributed by atoms with Gasteiger partial charge in [-0.2, -0.15) is 17.5 Å². The SMILES string of the molecule is O=C(NO)c1c(OC2CCOCC2)cccc1S(=O)(=O)N1CCC(Oc2ccc(C(F)(F)F)cc2)CC1. The van der Waals surface area contributed by atoms with Crippen LogP contribution in [0.15, 0.2) is 47.4 Å². The summed E-state index contributed by atoms with van der Waals surface area (Å²) in [6.45, 7) is 1.10. The van der Waals surface area contributed by atoms with Crippen LogP contribution in [0.4, 0.5) is 13.2 Å². The van der Waals surface area contributed by atoms with Crippen LogP contribution >= 0.6 is 0 Å². The van der Waals surface area contributed by atoms with Gasteiger partial charge in [-0.3, -0.25) is 10.0 Å². The number of rotatable bonds is 7. The molecule has 2 heterocycles. The van der Waals surface area contributed by atoms with Crippen LogP contribution in [0.25, 0.3) is 0 Å². The molecule has 0 atom stereocenters. The first-order valence-corrected chi connectivity index (χ1v) is 13.2. The van der Waals surface area contributed by atoms with E-state index in [-0.39, 0.29) is 41.2 Å². The van der Waals surface area contributed by atoms with Gasteiger partial charge in [0.05, 0.1) is 23.7 Å². The van der Waals surface area contributed by atoms with Crippen LogP contribution in [0.2, 0.25) is 0 Å². The number of carbonyl (C=O) groups excluding carboxylic acids is 1. The van der Waals surface area contributed by atoms with E-state index in [1.165, 1.54) is 40.1 Å². The number of alkyl halides is 3. The topological polar surface area (TPSA) is 114 Å². The Morgan fingerprint density at radius 2 is 1.59 bits per heavy atom. The maximum Gasteiger partial charge on any atom is 0.416 e. The van der Waals surface area contributed by atoms with Gasteiger partial charge in [0.25, 0.3) is 5.91 Å². The Hall–Kier alpha value is -2.87. The van der Waals surface area contributed by atoms with Crippen LogP contribution in [0.5, 0.6) is 11.5 Å². The summed E-state index contributed by atoms with van der Waals surface area (Å²) in [6, 6.07) is 8.54. The van der Waals surface area contributed by atoms with E-state index in [2.05, 4.69) is 0 Å². The summed E-state index contributed by atoms with van der Waals surface area (Å²) in [4.78, 5) is 12.2. The standard InChI is InChI=1S/C24H27F3N2O7S/c25-24(26,27)16-4-6-17(7-5-16)35-18-8-12-29(13-9-18)37(32,33)21-3-1-2-20(22(21)23(30)28-31)36-19-10-14-34-15-11-19/h1-7,18-19,31H,8-15H2,(H,28,30). The first kappa shape index (κ1) is 27.2. The second-order valence-electron chi connectivity index (χ2n) is 8.74. The zero-order valence-corrected chi connectivity index (χ0v) is 20.6. The van der Waals surface area contributed by atoms with Gasteiger partial charge in [-0.05, 0) is 49.2 Å². The largest absolute Gasteiger partial charge is 0.490 e. The van der Waals surface area contributed by atoms with Crippen molar-refractivity contribution in [1.82, 2.24) is 9.79 Å². The molecule has 37 heavy (non-hydrogen) atoms. The highest BCUT2D eigenvalue weighted by Gasteiger charge is 2.35. The molecule has 0 aromatic heterocycles. The Bertz CT molecular complexity index is 1190. The van der Waals surface area contributed by atoms with E-state index in [1.807, 2.05) is 0 Å². The molecule has 2 aliphatic heterocycles. The van der Waals surface area contributed by atoms with E-state index in [1.54, 1.807) is 0 Å². The lowest BCUT2D eigenvalue weighted by Gasteiger charge is -2.32. The van der Waals surface area contributed by atoms with Crippen LogP contribution in [0.3, 0.4) is 0 Å². The normalized spacial score (nSPS) is 18.4. The number of nitrogens with one attached hydrogen (secondary N) is 1. The molecule has 2 aromatic carbocycles. The summed E-state index contributed by atoms with van der Waals surface area (Å²) >= 11 is 0. The Kier molecular flexibility index (Phi) is 8.26. The number of hydrogen-bond acceptors (Lipinski definition) is 7. The fraction of sp³-hybridized carbons (Fsp3) is 0.458. The number of piperidine rings is 1. The number of sulfonamides is 1. The average molecular weight is 545 g/mol. The predicted octanol–water partition coefficient (Wildman–Crippen LogP) is 3.61. The maximum atomic E-state index is 13.5. The highest BCUT2D eigenvalue weighted by molar-refractivity contribution is 7.89. The quantitative estimate of drug-likeness (QED) is 0.404. The van der Waals surface area contributed by atoms with Gasteiger partial charge in [0.2, 0.25) is 10.0 Å². The molecule has 0 spiro atoms. The van der Waals surface area contributed by atoms with Crippen LogP contribution in [-0.2, 0) is 20.9 Å². The highest BCUT2D eigenvalue weighted by Crippen LogP contribution is 2.33. The number of benzene rings is 2. The number of hydrogen-bond donors (Lipinski definition) is 2. The van der Waals surface area contributed by atoms with Gasteiger partial charge in [-0.15, -0.1) is 0 Å². The van der Waals surface area contributed by atoms with Crippen molar-refractivity contribution >= 4 is 15.9 Å². The second kappa shape index (κ2) is 11.3. The summed E-state index contributed by atoms with van der Waals surface area (Å²) in [6.07, 6.45) is -3.38. The molecule has 0 aliphatic carbocycles. The summed E-state index contributed by atoms with van der Waals surface area (Å²) in [7, 11) is -4.15. The van der Waals surface area contributed by atoms with Crippen molar-refractivity contribution in [3.8, 4) is 11.5 Å². The molecule has 13 heteroatoms. The number of hydroxylamine groups is 1. The third-order valence-electron chi connectivity index (χ3n) is 6.28. The van der Waals surface area contributed by atoms with Gasteiger partial charge in [0.1, 0.15) is 29.3 Å². The minimum absolute atomic E-state index is 0.0417. The smallest absolute Gasteiger partial charge is 0.416 e. The van der Waals surface area contributed by atoms with Crippen molar-refractivity contribution in [2.24, 2.45) is 0 Å². The molecule has 2 N–H and O–H groups in total. The van der Waals surface area contributed by atoms with Crippen LogP contribution in [0, 0.1) is 0 Å². The van der Waals surface area contributed by atoms with Crippen molar-refractivity contribution in [2.45, 2.75) is 49.0 Å². The molecule has 1 amide bonds. The number of ether oxygens (including phenoxy) is 3. The van der Waals surface area contributed by atoms with E-state index in [4.69, 9.17) is 14.2 Å².